The standard InChI is InChI=1S/C16H18F6O5/c1-7(2)10(23)26-11-9-4-8(3)5-14(9,6-25-11)13(24)27-12(15(17,18)19)16(20,21)22/h8-9,11-12H,1,4-6H2,2-3H3. The number of carbonyl (C=O) groups is 2. The summed E-state index contributed by atoms with van der Waals surface area (Å²) in [6.07, 6.45) is -17.0. The van der Waals surface area contributed by atoms with Gasteiger partial charge in [-0.2, -0.15) is 26.3 Å². The normalized spacial score (nSPS) is 30.9. The molecule has 11 heteroatoms. The second-order valence-corrected chi connectivity index (χ2v) is 7.04. The molecular formula is C16H18F6O5. The molecule has 0 aromatic rings. The molecule has 1 heterocycles. The SMILES string of the molecule is C=C(C)C(=O)OC1OCC2(C(=O)OC(C(F)(F)F)C(F)(F)F)CC(C)CC12. The molecule has 2 aliphatic rings. The van der Waals surface area contributed by atoms with Crippen LogP contribution in [0.2, 0.25) is 0 Å². The van der Waals surface area contributed by atoms with Gasteiger partial charge < -0.3 is 14.2 Å². The molecular weight excluding hydrogens is 386 g/mol. The maximum atomic E-state index is 12.7. The first-order valence-electron chi connectivity index (χ1n) is 8.01. The molecule has 5 nitrogen and oxygen atoms in total. The zero-order valence-electron chi connectivity index (χ0n) is 14.4. The van der Waals surface area contributed by atoms with Crippen molar-refractivity contribution in [2.24, 2.45) is 17.3 Å². The minimum absolute atomic E-state index is 0.0268. The van der Waals surface area contributed by atoms with Crippen molar-refractivity contribution >= 4 is 11.9 Å². The van der Waals surface area contributed by atoms with Crippen LogP contribution in [0.25, 0.3) is 0 Å². The van der Waals surface area contributed by atoms with Gasteiger partial charge in [0.1, 0.15) is 5.41 Å². The van der Waals surface area contributed by atoms with Crippen molar-refractivity contribution in [1.29, 1.82) is 0 Å². The van der Waals surface area contributed by atoms with Gasteiger partial charge in [0.15, 0.2) is 0 Å². The Morgan fingerprint density at radius 1 is 1.19 bits per heavy atom. The number of halogens is 6. The summed E-state index contributed by atoms with van der Waals surface area (Å²) in [5, 5.41) is 0. The fourth-order valence-electron chi connectivity index (χ4n) is 3.56. The highest BCUT2D eigenvalue weighted by atomic mass is 19.4. The molecule has 1 saturated heterocycles. The summed E-state index contributed by atoms with van der Waals surface area (Å²) in [7, 11) is 0. The van der Waals surface area contributed by atoms with Gasteiger partial charge >= 0.3 is 24.3 Å². The van der Waals surface area contributed by atoms with Crippen molar-refractivity contribution in [3.63, 3.8) is 0 Å². The highest BCUT2D eigenvalue weighted by Crippen LogP contribution is 2.55. The van der Waals surface area contributed by atoms with E-state index in [2.05, 4.69) is 11.3 Å². The van der Waals surface area contributed by atoms with Crippen LogP contribution in [0.15, 0.2) is 12.2 Å². The van der Waals surface area contributed by atoms with Gasteiger partial charge in [0, 0.05) is 11.5 Å². The third-order valence-electron chi connectivity index (χ3n) is 4.71. The van der Waals surface area contributed by atoms with Crippen LogP contribution in [0.1, 0.15) is 26.7 Å². The van der Waals surface area contributed by atoms with E-state index in [1.54, 1.807) is 6.92 Å². The predicted octanol–water partition coefficient (Wildman–Crippen LogP) is 3.53. The van der Waals surface area contributed by atoms with Gasteiger partial charge in [-0.1, -0.05) is 13.5 Å². The fourth-order valence-corrected chi connectivity index (χ4v) is 3.56. The predicted molar refractivity (Wildman–Crippen MR) is 77.0 cm³/mol. The van der Waals surface area contributed by atoms with Gasteiger partial charge in [-0.3, -0.25) is 4.79 Å². The molecule has 1 aliphatic heterocycles. The summed E-state index contributed by atoms with van der Waals surface area (Å²) < 4.78 is 90.4. The number of fused-ring (bicyclic) bond motifs is 1. The lowest BCUT2D eigenvalue weighted by Crippen LogP contribution is -2.49. The fraction of sp³-hybridized carbons (Fsp3) is 0.750. The lowest BCUT2D eigenvalue weighted by Gasteiger charge is -2.30. The molecule has 0 aromatic heterocycles. The molecule has 27 heavy (non-hydrogen) atoms. The highest BCUT2D eigenvalue weighted by molar-refractivity contribution is 5.87. The van der Waals surface area contributed by atoms with Crippen molar-refractivity contribution in [1.82, 2.24) is 0 Å². The monoisotopic (exact) mass is 404 g/mol. The number of hydrogen-bond acceptors (Lipinski definition) is 5. The summed E-state index contributed by atoms with van der Waals surface area (Å²) in [6.45, 7) is 5.90. The Morgan fingerprint density at radius 3 is 2.22 bits per heavy atom. The average Bonchev–Trinajstić information content (AvgIpc) is 2.98. The van der Waals surface area contributed by atoms with E-state index in [0.29, 0.717) is 0 Å². The van der Waals surface area contributed by atoms with Gasteiger partial charge in [-0.05, 0) is 25.7 Å². The molecule has 0 N–H and O–H groups in total. The Morgan fingerprint density at radius 2 is 1.74 bits per heavy atom. The molecule has 1 aliphatic carbocycles. The Kier molecular flexibility index (Phi) is 5.57. The van der Waals surface area contributed by atoms with Crippen LogP contribution < -0.4 is 0 Å². The molecule has 4 atom stereocenters. The second-order valence-electron chi connectivity index (χ2n) is 7.04. The molecule has 0 bridgehead atoms. The minimum atomic E-state index is -5.81. The van der Waals surface area contributed by atoms with Crippen LogP contribution in [0.3, 0.4) is 0 Å². The van der Waals surface area contributed by atoms with Gasteiger partial charge in [0.05, 0.1) is 6.61 Å². The molecule has 0 spiro atoms. The smallest absolute Gasteiger partial charge is 0.434 e. The van der Waals surface area contributed by atoms with Crippen molar-refractivity contribution in [3.8, 4) is 0 Å². The van der Waals surface area contributed by atoms with E-state index >= 15 is 0 Å². The maximum absolute atomic E-state index is 12.7. The topological polar surface area (TPSA) is 61.8 Å². The minimum Gasteiger partial charge on any atom is -0.442 e. The first-order valence-corrected chi connectivity index (χ1v) is 8.01. The zero-order valence-corrected chi connectivity index (χ0v) is 14.4. The van der Waals surface area contributed by atoms with Crippen molar-refractivity contribution < 1.29 is 50.1 Å². The van der Waals surface area contributed by atoms with Crippen LogP contribution in [0, 0.1) is 17.3 Å². The lowest BCUT2D eigenvalue weighted by atomic mass is 9.80. The van der Waals surface area contributed by atoms with Gasteiger partial charge in [-0.15, -0.1) is 0 Å². The van der Waals surface area contributed by atoms with Crippen LogP contribution in [0.4, 0.5) is 26.3 Å². The number of rotatable bonds is 4. The molecule has 0 amide bonds. The molecule has 2 fully saturated rings. The third kappa shape index (κ3) is 4.22. The van der Waals surface area contributed by atoms with E-state index in [1.807, 2.05) is 0 Å². The highest BCUT2D eigenvalue weighted by Gasteiger charge is 2.65. The summed E-state index contributed by atoms with van der Waals surface area (Å²) in [6, 6.07) is 0. The van der Waals surface area contributed by atoms with Crippen molar-refractivity contribution in [3.05, 3.63) is 12.2 Å². The first-order chi connectivity index (χ1) is 12.2. The summed E-state index contributed by atoms with van der Waals surface area (Å²) in [5.74, 6) is -3.63. The summed E-state index contributed by atoms with van der Waals surface area (Å²) in [4.78, 5) is 24.1. The molecule has 154 valence electrons. The largest absolute Gasteiger partial charge is 0.442 e. The molecule has 1 saturated carbocycles. The number of hydrogen-bond donors (Lipinski definition) is 0. The molecule has 0 radical (unpaired) electrons. The number of carbonyl (C=O) groups excluding carboxylic acids is 2. The maximum Gasteiger partial charge on any atom is 0.434 e. The van der Waals surface area contributed by atoms with E-state index in [9.17, 15) is 35.9 Å². The third-order valence-corrected chi connectivity index (χ3v) is 4.71. The van der Waals surface area contributed by atoms with Crippen molar-refractivity contribution in [2.75, 3.05) is 6.61 Å². The quantitative estimate of drug-likeness (QED) is 0.408. The lowest BCUT2D eigenvalue weighted by molar-refractivity contribution is -0.316. The van der Waals surface area contributed by atoms with E-state index in [0.717, 1.165) is 0 Å². The van der Waals surface area contributed by atoms with Crippen LogP contribution in [0.5, 0.6) is 0 Å². The summed E-state index contributed by atoms with van der Waals surface area (Å²) in [5.41, 5.74) is -1.72. The summed E-state index contributed by atoms with van der Waals surface area (Å²) >= 11 is 0. The Hall–Kier alpha value is -1.78. The zero-order chi connectivity index (χ0) is 20.8. The van der Waals surface area contributed by atoms with Crippen LogP contribution in [-0.4, -0.2) is 43.3 Å². The van der Waals surface area contributed by atoms with Crippen molar-refractivity contribution in [2.45, 2.75) is 51.4 Å². The molecule has 2 rings (SSSR count). The first kappa shape index (κ1) is 21.5. The number of alkyl halides is 6. The van der Waals surface area contributed by atoms with Gasteiger partial charge in [0.2, 0.25) is 6.29 Å². The van der Waals surface area contributed by atoms with Gasteiger partial charge in [0.25, 0.3) is 6.10 Å². The number of esters is 2. The average molecular weight is 404 g/mol. The van der Waals surface area contributed by atoms with Gasteiger partial charge in [-0.25, -0.2) is 4.79 Å². The second kappa shape index (κ2) is 6.99. The van der Waals surface area contributed by atoms with E-state index in [4.69, 9.17) is 9.47 Å². The van der Waals surface area contributed by atoms with E-state index < -0.39 is 54.6 Å². The Balaban J connectivity index is 2.25. The number of ether oxygens (including phenoxy) is 3. The molecule has 0 aromatic carbocycles. The van der Waals surface area contributed by atoms with E-state index in [-0.39, 0.29) is 24.3 Å². The van der Waals surface area contributed by atoms with E-state index in [1.165, 1.54) is 6.92 Å². The Labute approximate surface area is 150 Å². The van der Waals surface area contributed by atoms with Crippen LogP contribution >= 0.6 is 0 Å². The van der Waals surface area contributed by atoms with Crippen LogP contribution in [-0.2, 0) is 23.8 Å². The Bertz CT molecular complexity index is 614. The molecule has 4 unspecified atom stereocenters.